The third kappa shape index (κ3) is 16.4. The van der Waals surface area contributed by atoms with Crippen LogP contribution in [0.5, 0.6) is 0 Å². The van der Waals surface area contributed by atoms with Crippen molar-refractivity contribution in [3.05, 3.63) is 13.8 Å². The van der Waals surface area contributed by atoms with Gasteiger partial charge in [-0.3, -0.25) is 0 Å². The fraction of sp³-hybridized carbons (Fsp3) is 0.900. The second kappa shape index (κ2) is 18.3. The fourth-order valence-electron chi connectivity index (χ4n) is 3.30. The third-order valence-corrected chi connectivity index (χ3v) is 6.88. The van der Waals surface area contributed by atoms with Crippen molar-refractivity contribution in [2.75, 3.05) is 0 Å². The van der Waals surface area contributed by atoms with Gasteiger partial charge in [0.25, 0.3) is 0 Å². The Morgan fingerprint density at radius 3 is 1.38 bits per heavy atom. The molecule has 0 rings (SSSR count). The summed E-state index contributed by atoms with van der Waals surface area (Å²) in [6.45, 7) is 10.3. The summed E-state index contributed by atoms with van der Waals surface area (Å²) in [6, 6.07) is 1.51. The van der Waals surface area contributed by atoms with E-state index in [0.717, 1.165) is 18.4 Å². The van der Waals surface area contributed by atoms with E-state index in [-0.39, 0.29) is 9.52 Å². The zero-order valence-corrected chi connectivity index (χ0v) is 16.4. The lowest BCUT2D eigenvalue weighted by molar-refractivity contribution is 0.531. The molecule has 21 heavy (non-hydrogen) atoms. The third-order valence-electron chi connectivity index (χ3n) is 4.67. The van der Waals surface area contributed by atoms with Crippen LogP contribution in [0.25, 0.3) is 0 Å². The predicted molar refractivity (Wildman–Crippen MR) is 103 cm³/mol. The van der Waals surface area contributed by atoms with E-state index in [1.54, 1.807) is 12.8 Å². The maximum atomic E-state index is 3.93. The van der Waals surface area contributed by atoms with Crippen molar-refractivity contribution in [3.63, 3.8) is 0 Å². The lowest BCUT2D eigenvalue weighted by Crippen LogP contribution is -2.03. The standard InChI is InChI=1S/C20H42Si/c1-4-7-9-11-12-13-15-17-19-20(21-6-3)18-16-14-10-8-5-2/h20H,1-2,4-19,21H2,3H3. The Balaban J connectivity index is 3.42. The van der Waals surface area contributed by atoms with E-state index in [0.29, 0.717) is 0 Å². The van der Waals surface area contributed by atoms with Gasteiger partial charge in [0.15, 0.2) is 0 Å². The molecule has 0 aliphatic rings. The largest absolute Gasteiger partial charge is 0.0683 e. The number of rotatable bonds is 17. The zero-order chi connectivity index (χ0) is 15.6. The monoisotopic (exact) mass is 310 g/mol. The zero-order valence-electron chi connectivity index (χ0n) is 15.0. The summed E-state index contributed by atoms with van der Waals surface area (Å²) in [5.41, 5.74) is 1.15. The van der Waals surface area contributed by atoms with Gasteiger partial charge in [-0.2, -0.15) is 0 Å². The van der Waals surface area contributed by atoms with Crippen LogP contribution < -0.4 is 0 Å². The molecular formula is C20H42Si. The minimum atomic E-state index is 0.226. The predicted octanol–water partition coefficient (Wildman–Crippen LogP) is 6.90. The SMILES string of the molecule is [CH2]CCCCCCCCCC(CCCCCC[CH2])[SiH2]CC. The summed E-state index contributed by atoms with van der Waals surface area (Å²) in [5.74, 6) is 0. The highest BCUT2D eigenvalue weighted by Gasteiger charge is 2.07. The first kappa shape index (κ1) is 21.2. The van der Waals surface area contributed by atoms with Crippen LogP contribution in [0.4, 0.5) is 0 Å². The molecule has 0 heterocycles. The van der Waals surface area contributed by atoms with E-state index in [9.17, 15) is 0 Å². The van der Waals surface area contributed by atoms with Crippen LogP contribution >= 0.6 is 0 Å². The van der Waals surface area contributed by atoms with Gasteiger partial charge in [-0.15, -0.1) is 0 Å². The smallest absolute Gasteiger partial charge is 0.0229 e. The number of hydrogen-bond donors (Lipinski definition) is 0. The average molecular weight is 311 g/mol. The Labute approximate surface area is 138 Å². The Morgan fingerprint density at radius 1 is 0.619 bits per heavy atom. The van der Waals surface area contributed by atoms with Gasteiger partial charge in [0.2, 0.25) is 0 Å². The first-order valence-corrected chi connectivity index (χ1v) is 11.7. The molecular weight excluding hydrogens is 268 g/mol. The van der Waals surface area contributed by atoms with E-state index in [1.165, 1.54) is 76.7 Å². The second-order valence-electron chi connectivity index (χ2n) is 6.83. The van der Waals surface area contributed by atoms with Gasteiger partial charge in [0.05, 0.1) is 0 Å². The summed E-state index contributed by atoms with van der Waals surface area (Å²) in [4.78, 5) is 0. The molecule has 1 heteroatoms. The molecule has 0 aliphatic carbocycles. The molecule has 1 unspecified atom stereocenters. The van der Waals surface area contributed by atoms with Crippen LogP contribution in [0.2, 0.25) is 11.6 Å². The first-order valence-electron chi connectivity index (χ1n) is 9.93. The molecule has 0 saturated carbocycles. The highest BCUT2D eigenvalue weighted by molar-refractivity contribution is 6.37. The van der Waals surface area contributed by atoms with Crippen LogP contribution in [0, 0.1) is 13.8 Å². The number of hydrogen-bond acceptors (Lipinski definition) is 0. The normalized spacial score (nSPS) is 13.3. The molecule has 0 amide bonds. The molecule has 0 saturated heterocycles. The van der Waals surface area contributed by atoms with Crippen LogP contribution in [-0.2, 0) is 0 Å². The molecule has 0 aromatic carbocycles. The lowest BCUT2D eigenvalue weighted by atomic mass is 10.0. The van der Waals surface area contributed by atoms with E-state index < -0.39 is 0 Å². The van der Waals surface area contributed by atoms with E-state index in [2.05, 4.69) is 20.8 Å². The van der Waals surface area contributed by atoms with Crippen LogP contribution in [-0.4, -0.2) is 9.52 Å². The quantitative estimate of drug-likeness (QED) is 0.202. The highest BCUT2D eigenvalue weighted by atomic mass is 28.2. The van der Waals surface area contributed by atoms with E-state index in [4.69, 9.17) is 0 Å². The van der Waals surface area contributed by atoms with Crippen molar-refractivity contribution in [1.29, 1.82) is 0 Å². The van der Waals surface area contributed by atoms with Crippen molar-refractivity contribution in [2.45, 2.75) is 115 Å². The molecule has 0 nitrogen and oxygen atoms in total. The molecule has 0 aromatic rings. The minimum Gasteiger partial charge on any atom is -0.0683 e. The highest BCUT2D eigenvalue weighted by Crippen LogP contribution is 2.24. The summed E-state index contributed by atoms with van der Waals surface area (Å²) < 4.78 is 0. The summed E-state index contributed by atoms with van der Waals surface area (Å²) in [6.07, 6.45) is 21.1. The Morgan fingerprint density at radius 2 is 1.00 bits per heavy atom. The molecule has 0 N–H and O–H groups in total. The summed E-state index contributed by atoms with van der Waals surface area (Å²) in [5, 5.41) is 0. The lowest BCUT2D eigenvalue weighted by Gasteiger charge is -2.15. The van der Waals surface area contributed by atoms with Crippen molar-refractivity contribution >= 4 is 9.52 Å². The second-order valence-corrected chi connectivity index (χ2v) is 9.56. The molecule has 0 spiro atoms. The molecule has 0 aliphatic heterocycles. The molecule has 1 atom stereocenters. The number of unbranched alkanes of at least 4 members (excludes halogenated alkanes) is 11. The van der Waals surface area contributed by atoms with Gasteiger partial charge in [-0.25, -0.2) is 0 Å². The minimum absolute atomic E-state index is 0.226. The molecule has 2 radical (unpaired) electrons. The Bertz CT molecular complexity index is 179. The molecule has 0 bridgehead atoms. The van der Waals surface area contributed by atoms with Gasteiger partial charge in [-0.1, -0.05) is 129 Å². The van der Waals surface area contributed by atoms with Crippen LogP contribution in [0.3, 0.4) is 0 Å². The maximum Gasteiger partial charge on any atom is 0.0229 e. The van der Waals surface area contributed by atoms with Crippen molar-refractivity contribution in [2.24, 2.45) is 0 Å². The van der Waals surface area contributed by atoms with Crippen molar-refractivity contribution in [1.82, 2.24) is 0 Å². The van der Waals surface area contributed by atoms with E-state index in [1.807, 2.05) is 0 Å². The summed E-state index contributed by atoms with van der Waals surface area (Å²) >= 11 is 0. The van der Waals surface area contributed by atoms with Gasteiger partial charge in [0, 0.05) is 9.52 Å². The fourth-order valence-corrected chi connectivity index (χ4v) is 5.27. The van der Waals surface area contributed by atoms with E-state index >= 15 is 0 Å². The van der Waals surface area contributed by atoms with Crippen molar-refractivity contribution < 1.29 is 0 Å². The van der Waals surface area contributed by atoms with Gasteiger partial charge in [-0.05, 0) is 0 Å². The molecule has 0 aromatic heterocycles. The van der Waals surface area contributed by atoms with Gasteiger partial charge < -0.3 is 0 Å². The van der Waals surface area contributed by atoms with Gasteiger partial charge in [0.1, 0.15) is 0 Å². The molecule has 0 fully saturated rings. The maximum absolute atomic E-state index is 3.93. The Hall–Kier alpha value is 0.217. The van der Waals surface area contributed by atoms with Crippen LogP contribution in [0.1, 0.15) is 103 Å². The summed E-state index contributed by atoms with van der Waals surface area (Å²) in [7, 11) is 0.226. The van der Waals surface area contributed by atoms with Crippen LogP contribution in [0.15, 0.2) is 0 Å². The molecule has 126 valence electrons. The Kier molecular flexibility index (Phi) is 18.5. The first-order chi connectivity index (χ1) is 10.3. The topological polar surface area (TPSA) is 0 Å². The van der Waals surface area contributed by atoms with Crippen molar-refractivity contribution in [3.8, 4) is 0 Å². The average Bonchev–Trinajstić information content (AvgIpc) is 2.49. The van der Waals surface area contributed by atoms with Gasteiger partial charge >= 0.3 is 0 Å².